The van der Waals surface area contributed by atoms with Crippen LogP contribution in [0.4, 0.5) is 0 Å². The Hall–Kier alpha value is -2.61. The molecule has 8 heteroatoms. The first-order valence-corrected chi connectivity index (χ1v) is 12.1. The minimum atomic E-state index is -0.315. The summed E-state index contributed by atoms with van der Waals surface area (Å²) in [6, 6.07) is 10.5. The molecule has 1 fully saturated rings. The van der Waals surface area contributed by atoms with E-state index in [1.807, 2.05) is 0 Å². The standard InChI is InChI=1S/C24H31N5O2S/c1-24(2,3)17-12-10-16(11-13-17)21-25-26-22(29(21)18-8-6-7-9-18)32-15-19-14-20(30)28(5)23(31)27(19)4/h10-14,18H,6-9,15H2,1-5H3. The summed E-state index contributed by atoms with van der Waals surface area (Å²) >= 11 is 1.53. The van der Waals surface area contributed by atoms with Gasteiger partial charge >= 0.3 is 5.69 Å². The maximum Gasteiger partial charge on any atom is 0.330 e. The number of rotatable bonds is 5. The molecule has 0 amide bonds. The fraction of sp³-hybridized carbons (Fsp3) is 0.500. The molecule has 1 aromatic carbocycles. The zero-order valence-corrected chi connectivity index (χ0v) is 20.3. The molecule has 2 heterocycles. The van der Waals surface area contributed by atoms with Gasteiger partial charge in [-0.15, -0.1) is 10.2 Å². The molecule has 32 heavy (non-hydrogen) atoms. The molecule has 0 spiro atoms. The molecule has 0 saturated heterocycles. The van der Waals surface area contributed by atoms with Crippen LogP contribution in [0.2, 0.25) is 0 Å². The van der Waals surface area contributed by atoms with Crippen molar-refractivity contribution in [2.24, 2.45) is 14.1 Å². The topological polar surface area (TPSA) is 74.7 Å². The molecule has 2 aromatic heterocycles. The largest absolute Gasteiger partial charge is 0.330 e. The molecule has 4 rings (SSSR count). The summed E-state index contributed by atoms with van der Waals surface area (Å²) in [5.74, 6) is 1.37. The Balaban J connectivity index is 1.68. The summed E-state index contributed by atoms with van der Waals surface area (Å²) in [5, 5.41) is 9.92. The third kappa shape index (κ3) is 4.33. The highest BCUT2D eigenvalue weighted by Crippen LogP contribution is 2.37. The first-order valence-electron chi connectivity index (χ1n) is 11.1. The third-order valence-electron chi connectivity index (χ3n) is 6.34. The van der Waals surface area contributed by atoms with Gasteiger partial charge in [0.15, 0.2) is 11.0 Å². The number of thioether (sulfide) groups is 1. The fourth-order valence-corrected chi connectivity index (χ4v) is 5.27. The van der Waals surface area contributed by atoms with Crippen molar-refractivity contribution in [3.8, 4) is 11.4 Å². The number of aromatic nitrogens is 5. The zero-order valence-electron chi connectivity index (χ0n) is 19.5. The highest BCUT2D eigenvalue weighted by atomic mass is 32.2. The second-order valence-electron chi connectivity index (χ2n) is 9.61. The van der Waals surface area contributed by atoms with E-state index in [9.17, 15) is 9.59 Å². The summed E-state index contributed by atoms with van der Waals surface area (Å²) < 4.78 is 4.91. The van der Waals surface area contributed by atoms with Gasteiger partial charge in [-0.2, -0.15) is 0 Å². The van der Waals surface area contributed by atoms with Crippen LogP contribution in [0.25, 0.3) is 11.4 Å². The molecular weight excluding hydrogens is 422 g/mol. The Labute approximate surface area is 192 Å². The van der Waals surface area contributed by atoms with Gasteiger partial charge in [-0.1, -0.05) is 69.6 Å². The Bertz CT molecular complexity index is 1230. The van der Waals surface area contributed by atoms with Crippen LogP contribution in [0.5, 0.6) is 0 Å². The smallest absolute Gasteiger partial charge is 0.300 e. The van der Waals surface area contributed by atoms with Gasteiger partial charge in [-0.3, -0.25) is 18.5 Å². The van der Waals surface area contributed by atoms with Gasteiger partial charge in [0.25, 0.3) is 5.56 Å². The minimum Gasteiger partial charge on any atom is -0.300 e. The Morgan fingerprint density at radius 2 is 1.66 bits per heavy atom. The molecule has 0 aliphatic heterocycles. The summed E-state index contributed by atoms with van der Waals surface area (Å²) in [7, 11) is 3.19. The number of nitrogens with zero attached hydrogens (tertiary/aromatic N) is 5. The highest BCUT2D eigenvalue weighted by molar-refractivity contribution is 7.98. The molecule has 0 radical (unpaired) electrons. The number of hydrogen-bond acceptors (Lipinski definition) is 5. The monoisotopic (exact) mass is 453 g/mol. The molecule has 1 saturated carbocycles. The van der Waals surface area contributed by atoms with Gasteiger partial charge in [0.2, 0.25) is 0 Å². The maximum absolute atomic E-state index is 12.3. The van der Waals surface area contributed by atoms with Crippen molar-refractivity contribution in [2.45, 2.75) is 68.8 Å². The van der Waals surface area contributed by atoms with E-state index in [-0.39, 0.29) is 16.7 Å². The first kappa shape index (κ1) is 22.6. The second-order valence-corrected chi connectivity index (χ2v) is 10.5. The summed E-state index contributed by atoms with van der Waals surface area (Å²) in [5.41, 5.74) is 2.52. The number of hydrogen-bond donors (Lipinski definition) is 0. The SMILES string of the molecule is Cn1c(CSc2nnc(-c3ccc(C(C)(C)C)cc3)n2C2CCCC2)cc(=O)n(C)c1=O. The lowest BCUT2D eigenvalue weighted by Gasteiger charge is -2.20. The van der Waals surface area contributed by atoms with Gasteiger partial charge in [-0.25, -0.2) is 4.79 Å². The predicted octanol–water partition coefficient (Wildman–Crippen LogP) is 4.05. The van der Waals surface area contributed by atoms with Crippen LogP contribution in [0, 0.1) is 0 Å². The van der Waals surface area contributed by atoms with Crippen molar-refractivity contribution >= 4 is 11.8 Å². The van der Waals surface area contributed by atoms with Crippen molar-refractivity contribution in [3.05, 3.63) is 62.4 Å². The van der Waals surface area contributed by atoms with Gasteiger partial charge in [-0.05, 0) is 23.8 Å². The molecule has 170 valence electrons. The van der Waals surface area contributed by atoms with E-state index in [2.05, 4.69) is 59.8 Å². The molecule has 0 atom stereocenters. The Kier molecular flexibility index (Phi) is 6.16. The van der Waals surface area contributed by atoms with Crippen LogP contribution in [0.15, 0.2) is 45.1 Å². The quantitative estimate of drug-likeness (QED) is 0.545. The average Bonchev–Trinajstić information content (AvgIpc) is 3.43. The molecule has 0 N–H and O–H groups in total. The van der Waals surface area contributed by atoms with E-state index >= 15 is 0 Å². The van der Waals surface area contributed by atoms with Gasteiger partial charge < -0.3 is 0 Å². The van der Waals surface area contributed by atoms with Crippen LogP contribution in [-0.2, 0) is 25.3 Å². The van der Waals surface area contributed by atoms with E-state index in [0.29, 0.717) is 17.5 Å². The lowest BCUT2D eigenvalue weighted by molar-refractivity contribution is 0.485. The second kappa shape index (κ2) is 8.73. The van der Waals surface area contributed by atoms with Crippen LogP contribution in [0.1, 0.15) is 63.8 Å². The number of benzene rings is 1. The summed E-state index contributed by atoms with van der Waals surface area (Å²) in [6.45, 7) is 6.63. The summed E-state index contributed by atoms with van der Waals surface area (Å²) in [6.07, 6.45) is 4.64. The molecule has 1 aliphatic rings. The fourth-order valence-electron chi connectivity index (χ4n) is 4.24. The van der Waals surface area contributed by atoms with E-state index in [1.165, 1.54) is 47.8 Å². The molecule has 7 nitrogen and oxygen atoms in total. The Morgan fingerprint density at radius 3 is 2.28 bits per heavy atom. The van der Waals surface area contributed by atoms with Gasteiger partial charge in [0.1, 0.15) is 0 Å². The van der Waals surface area contributed by atoms with Crippen molar-refractivity contribution in [3.63, 3.8) is 0 Å². The van der Waals surface area contributed by atoms with Crippen molar-refractivity contribution in [1.82, 2.24) is 23.9 Å². The average molecular weight is 454 g/mol. The van der Waals surface area contributed by atoms with Crippen LogP contribution < -0.4 is 11.2 Å². The van der Waals surface area contributed by atoms with Crippen LogP contribution >= 0.6 is 11.8 Å². The van der Waals surface area contributed by atoms with Gasteiger partial charge in [0, 0.05) is 43.2 Å². The van der Waals surface area contributed by atoms with Crippen LogP contribution in [-0.4, -0.2) is 23.9 Å². The van der Waals surface area contributed by atoms with Crippen molar-refractivity contribution < 1.29 is 0 Å². The molecular formula is C24H31N5O2S. The summed E-state index contributed by atoms with van der Waals surface area (Å²) in [4.78, 5) is 24.4. The Morgan fingerprint density at radius 1 is 1.00 bits per heavy atom. The van der Waals surface area contributed by atoms with E-state index in [0.717, 1.165) is 34.0 Å². The molecule has 1 aliphatic carbocycles. The third-order valence-corrected chi connectivity index (χ3v) is 7.31. The molecule has 3 aromatic rings. The first-order chi connectivity index (χ1) is 15.2. The normalized spacial score (nSPS) is 14.9. The van der Waals surface area contributed by atoms with Gasteiger partial charge in [0.05, 0.1) is 0 Å². The van der Waals surface area contributed by atoms with Crippen molar-refractivity contribution in [2.75, 3.05) is 0 Å². The molecule has 0 bridgehead atoms. The lowest BCUT2D eigenvalue weighted by Crippen LogP contribution is -2.37. The minimum absolute atomic E-state index is 0.0986. The van der Waals surface area contributed by atoms with Crippen LogP contribution in [0.3, 0.4) is 0 Å². The van der Waals surface area contributed by atoms with E-state index in [1.54, 1.807) is 7.05 Å². The van der Waals surface area contributed by atoms with Crippen molar-refractivity contribution in [1.29, 1.82) is 0 Å². The maximum atomic E-state index is 12.3. The van der Waals surface area contributed by atoms with E-state index in [4.69, 9.17) is 0 Å². The zero-order chi connectivity index (χ0) is 23.0. The molecule has 0 unspecified atom stereocenters. The lowest BCUT2D eigenvalue weighted by atomic mass is 9.86. The highest BCUT2D eigenvalue weighted by Gasteiger charge is 2.25. The predicted molar refractivity (Wildman–Crippen MR) is 128 cm³/mol. The van der Waals surface area contributed by atoms with E-state index < -0.39 is 0 Å².